The Labute approximate surface area is 142 Å². The number of aryl methyl sites for hydroxylation is 1. The molecule has 23 heavy (non-hydrogen) atoms. The van der Waals surface area contributed by atoms with Gasteiger partial charge >= 0.3 is 5.97 Å². The Morgan fingerprint density at radius 1 is 1.22 bits per heavy atom. The van der Waals surface area contributed by atoms with E-state index in [0.717, 1.165) is 5.56 Å². The summed E-state index contributed by atoms with van der Waals surface area (Å²) in [6, 6.07) is 9.29. The number of hydrogen-bond donors (Lipinski definition) is 2. The smallest absolute Gasteiger partial charge is 0.342 e. The molecule has 2 aromatic carbocycles. The number of phenols is 1. The maximum atomic E-state index is 11.8. The van der Waals surface area contributed by atoms with Crippen molar-refractivity contribution in [3.63, 3.8) is 0 Å². The van der Waals surface area contributed by atoms with Gasteiger partial charge in [-0.05, 0) is 36.8 Å². The molecule has 0 bridgehead atoms. The minimum absolute atomic E-state index is 0.0100. The van der Waals surface area contributed by atoms with Crippen molar-refractivity contribution < 1.29 is 19.4 Å². The molecule has 0 spiro atoms. The summed E-state index contributed by atoms with van der Waals surface area (Å²) in [6.07, 6.45) is 0. The predicted octanol–water partition coefficient (Wildman–Crippen LogP) is 3.80. The van der Waals surface area contributed by atoms with E-state index in [1.807, 2.05) is 0 Å². The average molecular weight is 354 g/mol. The lowest BCUT2D eigenvalue weighted by Crippen LogP contribution is -2.21. The molecule has 120 valence electrons. The number of amides is 1. The monoisotopic (exact) mass is 353 g/mol. The van der Waals surface area contributed by atoms with Gasteiger partial charge in [0.25, 0.3) is 5.91 Å². The molecule has 0 aliphatic carbocycles. The highest BCUT2D eigenvalue weighted by atomic mass is 35.5. The first-order valence-corrected chi connectivity index (χ1v) is 7.34. The molecule has 1 amide bonds. The Morgan fingerprint density at radius 2 is 1.96 bits per heavy atom. The first kappa shape index (κ1) is 17.1. The predicted molar refractivity (Wildman–Crippen MR) is 88.2 cm³/mol. The summed E-state index contributed by atoms with van der Waals surface area (Å²) in [5, 5.41) is 12.7. The summed E-state index contributed by atoms with van der Waals surface area (Å²) in [7, 11) is 0. The van der Waals surface area contributed by atoms with Crippen LogP contribution < -0.4 is 5.32 Å². The lowest BCUT2D eigenvalue weighted by Gasteiger charge is -2.09. The number of hydrogen-bond acceptors (Lipinski definition) is 4. The number of carbonyl (C=O) groups excluding carboxylic acids is 2. The van der Waals surface area contributed by atoms with Crippen LogP contribution in [0.25, 0.3) is 0 Å². The fraction of sp³-hybridized carbons (Fsp3) is 0.125. The normalized spacial score (nSPS) is 10.2. The Hall–Kier alpha value is -2.24. The molecule has 2 N–H and O–H groups in total. The van der Waals surface area contributed by atoms with Crippen LogP contribution in [0.2, 0.25) is 10.0 Å². The summed E-state index contributed by atoms with van der Waals surface area (Å²) in [5.74, 6) is -1.57. The Bertz CT molecular complexity index is 762. The number of aromatic hydroxyl groups is 1. The van der Waals surface area contributed by atoms with E-state index < -0.39 is 18.5 Å². The number of halogens is 2. The van der Waals surface area contributed by atoms with E-state index in [1.54, 1.807) is 31.2 Å². The van der Waals surface area contributed by atoms with Crippen LogP contribution in [0.3, 0.4) is 0 Å². The molecule has 0 atom stereocenters. The number of phenolic OH excluding ortho intramolecular Hbond substituents is 1. The third kappa shape index (κ3) is 4.37. The van der Waals surface area contributed by atoms with Crippen LogP contribution in [-0.2, 0) is 9.53 Å². The number of benzene rings is 2. The fourth-order valence-corrected chi connectivity index (χ4v) is 2.16. The first-order valence-electron chi connectivity index (χ1n) is 6.59. The summed E-state index contributed by atoms with van der Waals surface area (Å²) < 4.78 is 4.87. The van der Waals surface area contributed by atoms with Gasteiger partial charge in [-0.25, -0.2) is 4.79 Å². The maximum Gasteiger partial charge on any atom is 0.342 e. The lowest BCUT2D eigenvalue weighted by atomic mass is 10.1. The van der Waals surface area contributed by atoms with Crippen molar-refractivity contribution in [2.24, 2.45) is 0 Å². The number of esters is 1. The highest BCUT2D eigenvalue weighted by molar-refractivity contribution is 6.44. The van der Waals surface area contributed by atoms with E-state index in [2.05, 4.69) is 5.32 Å². The van der Waals surface area contributed by atoms with E-state index in [1.165, 1.54) is 12.1 Å². The second kappa shape index (κ2) is 7.35. The fourth-order valence-electron chi connectivity index (χ4n) is 1.81. The van der Waals surface area contributed by atoms with Gasteiger partial charge in [0.2, 0.25) is 0 Å². The van der Waals surface area contributed by atoms with E-state index in [-0.39, 0.29) is 16.3 Å². The molecule has 7 heteroatoms. The minimum atomic E-state index is -0.796. The van der Waals surface area contributed by atoms with Crippen molar-refractivity contribution in [3.05, 3.63) is 57.6 Å². The van der Waals surface area contributed by atoms with Gasteiger partial charge < -0.3 is 15.2 Å². The number of ether oxygens (including phenoxy) is 1. The van der Waals surface area contributed by atoms with Gasteiger partial charge in [-0.2, -0.15) is 0 Å². The number of rotatable bonds is 4. The molecule has 0 radical (unpaired) electrons. The number of carbonyl (C=O) groups is 2. The highest BCUT2D eigenvalue weighted by Gasteiger charge is 2.15. The second-order valence-corrected chi connectivity index (χ2v) is 5.53. The Balaban J connectivity index is 1.96. The zero-order chi connectivity index (χ0) is 17.0. The Morgan fingerprint density at radius 3 is 2.65 bits per heavy atom. The molecule has 0 fully saturated rings. The zero-order valence-electron chi connectivity index (χ0n) is 12.1. The molecule has 0 unspecified atom stereocenters. The largest absolute Gasteiger partial charge is 0.507 e. The van der Waals surface area contributed by atoms with Crippen LogP contribution in [0.1, 0.15) is 15.9 Å². The van der Waals surface area contributed by atoms with Gasteiger partial charge in [-0.3, -0.25) is 4.79 Å². The van der Waals surface area contributed by atoms with E-state index in [9.17, 15) is 14.7 Å². The summed E-state index contributed by atoms with van der Waals surface area (Å²) in [4.78, 5) is 23.6. The van der Waals surface area contributed by atoms with Crippen LogP contribution in [0.4, 0.5) is 5.69 Å². The van der Waals surface area contributed by atoms with Crippen LogP contribution in [0, 0.1) is 6.92 Å². The van der Waals surface area contributed by atoms with Gasteiger partial charge in [-0.15, -0.1) is 0 Å². The Kier molecular flexibility index (Phi) is 5.47. The molecule has 5 nitrogen and oxygen atoms in total. The van der Waals surface area contributed by atoms with Gasteiger partial charge in [0, 0.05) is 0 Å². The molecule has 0 heterocycles. The van der Waals surface area contributed by atoms with Crippen LogP contribution in [0.5, 0.6) is 5.75 Å². The second-order valence-electron chi connectivity index (χ2n) is 4.75. The van der Waals surface area contributed by atoms with Gasteiger partial charge in [0.05, 0.1) is 15.7 Å². The molecule has 0 aliphatic heterocycles. The van der Waals surface area contributed by atoms with Crippen molar-refractivity contribution in [1.29, 1.82) is 0 Å². The average Bonchev–Trinajstić information content (AvgIpc) is 2.49. The van der Waals surface area contributed by atoms with Crippen molar-refractivity contribution in [2.75, 3.05) is 11.9 Å². The van der Waals surface area contributed by atoms with Crippen molar-refractivity contribution in [1.82, 2.24) is 0 Å². The SMILES string of the molecule is Cc1ccc(C(=O)OCC(=O)Nc2cccc(Cl)c2Cl)c(O)c1. The molecule has 0 saturated carbocycles. The standard InChI is InChI=1S/C16H13Cl2NO4/c1-9-5-6-10(13(20)7-9)16(22)23-8-14(21)19-12-4-2-3-11(17)15(12)18/h2-7,20H,8H2,1H3,(H,19,21). The van der Waals surface area contributed by atoms with E-state index >= 15 is 0 Å². The molecule has 0 aromatic heterocycles. The maximum absolute atomic E-state index is 11.8. The third-order valence-corrected chi connectivity index (χ3v) is 3.75. The van der Waals surface area contributed by atoms with Gasteiger partial charge in [-0.1, -0.05) is 35.3 Å². The minimum Gasteiger partial charge on any atom is -0.507 e. The molecule has 2 aromatic rings. The lowest BCUT2D eigenvalue weighted by molar-refractivity contribution is -0.119. The van der Waals surface area contributed by atoms with E-state index in [0.29, 0.717) is 10.7 Å². The number of nitrogens with one attached hydrogen (secondary N) is 1. The molecular weight excluding hydrogens is 341 g/mol. The third-order valence-electron chi connectivity index (χ3n) is 2.93. The van der Waals surface area contributed by atoms with Crippen molar-refractivity contribution in [3.8, 4) is 5.75 Å². The van der Waals surface area contributed by atoms with Crippen LogP contribution in [0.15, 0.2) is 36.4 Å². The van der Waals surface area contributed by atoms with Gasteiger partial charge in [0.1, 0.15) is 11.3 Å². The van der Waals surface area contributed by atoms with Crippen molar-refractivity contribution >= 4 is 40.8 Å². The van der Waals surface area contributed by atoms with Crippen LogP contribution >= 0.6 is 23.2 Å². The number of anilines is 1. The highest BCUT2D eigenvalue weighted by Crippen LogP contribution is 2.29. The zero-order valence-corrected chi connectivity index (χ0v) is 13.6. The van der Waals surface area contributed by atoms with Crippen LogP contribution in [-0.4, -0.2) is 23.6 Å². The summed E-state index contributed by atoms with van der Waals surface area (Å²) >= 11 is 11.8. The molecule has 0 aliphatic rings. The van der Waals surface area contributed by atoms with Gasteiger partial charge in [0.15, 0.2) is 6.61 Å². The quantitative estimate of drug-likeness (QED) is 0.819. The first-order chi connectivity index (χ1) is 10.9. The van der Waals surface area contributed by atoms with E-state index in [4.69, 9.17) is 27.9 Å². The molecule has 0 saturated heterocycles. The summed E-state index contributed by atoms with van der Waals surface area (Å²) in [5.41, 5.74) is 1.11. The molecule has 2 rings (SSSR count). The topological polar surface area (TPSA) is 75.6 Å². The molecular formula is C16H13Cl2NO4. The summed E-state index contributed by atoms with van der Waals surface area (Å²) in [6.45, 7) is 1.26. The van der Waals surface area contributed by atoms with Crippen molar-refractivity contribution in [2.45, 2.75) is 6.92 Å².